The molecule has 4 aromatic rings. The minimum Gasteiger partial charge on any atom is -0.323 e. The molecule has 0 bridgehead atoms. The maximum atomic E-state index is 13.8. The summed E-state index contributed by atoms with van der Waals surface area (Å²) in [5, 5.41) is 7.60. The first-order valence-electron chi connectivity index (χ1n) is 8.47. The molecule has 9 heteroatoms. The predicted molar refractivity (Wildman–Crippen MR) is 103 cm³/mol. The lowest BCUT2D eigenvalue weighted by atomic mass is 10.2. The van der Waals surface area contributed by atoms with E-state index in [1.54, 1.807) is 18.4 Å². The highest BCUT2D eigenvalue weighted by molar-refractivity contribution is 8.00. The quantitative estimate of drug-likeness (QED) is 0.415. The molecule has 28 heavy (non-hydrogen) atoms. The molecule has 2 aromatic heterocycles. The van der Waals surface area contributed by atoms with Crippen LogP contribution in [0.5, 0.6) is 0 Å². The molecule has 0 saturated carbocycles. The van der Waals surface area contributed by atoms with Crippen molar-refractivity contribution in [3.63, 3.8) is 0 Å². The van der Waals surface area contributed by atoms with Gasteiger partial charge in [-0.25, -0.2) is 18.7 Å². The number of anilines is 1. The molecule has 1 amide bonds. The molecular weight excluding hydrogens is 384 g/mol. The zero-order valence-electron chi connectivity index (χ0n) is 15.0. The van der Waals surface area contributed by atoms with Gasteiger partial charge in [-0.2, -0.15) is 4.52 Å². The lowest BCUT2D eigenvalue weighted by Crippen LogP contribution is -2.23. The van der Waals surface area contributed by atoms with Crippen molar-refractivity contribution < 1.29 is 13.6 Å². The van der Waals surface area contributed by atoms with Crippen LogP contribution in [0.15, 0.2) is 47.6 Å². The summed E-state index contributed by atoms with van der Waals surface area (Å²) in [6.07, 6.45) is 0. The van der Waals surface area contributed by atoms with Crippen LogP contribution in [0.4, 0.5) is 14.5 Å². The van der Waals surface area contributed by atoms with Crippen LogP contribution in [0.1, 0.15) is 12.7 Å². The lowest BCUT2D eigenvalue weighted by molar-refractivity contribution is -0.115. The van der Waals surface area contributed by atoms with Crippen molar-refractivity contribution in [1.82, 2.24) is 19.6 Å². The molecule has 142 valence electrons. The number of carbonyl (C=O) groups is 1. The van der Waals surface area contributed by atoms with Gasteiger partial charge in [0, 0.05) is 11.5 Å². The summed E-state index contributed by atoms with van der Waals surface area (Å²) in [7, 11) is 0. The van der Waals surface area contributed by atoms with E-state index in [1.807, 2.05) is 24.3 Å². The predicted octanol–water partition coefficient (Wildman–Crippen LogP) is 3.98. The van der Waals surface area contributed by atoms with E-state index in [9.17, 15) is 13.6 Å². The maximum Gasteiger partial charge on any atom is 0.237 e. The number of aromatic nitrogens is 4. The summed E-state index contributed by atoms with van der Waals surface area (Å²) in [5.74, 6) is -1.38. The summed E-state index contributed by atoms with van der Waals surface area (Å²) in [4.78, 5) is 21.5. The van der Waals surface area contributed by atoms with Gasteiger partial charge in [0.25, 0.3) is 0 Å². The second kappa shape index (κ2) is 7.16. The Morgan fingerprint density at radius 3 is 2.75 bits per heavy atom. The Bertz CT molecular complexity index is 1210. The third-order valence-electron chi connectivity index (χ3n) is 4.10. The molecule has 6 nitrogen and oxygen atoms in total. The summed E-state index contributed by atoms with van der Waals surface area (Å²) < 4.78 is 28.4. The second-order valence-electron chi connectivity index (χ2n) is 6.18. The number of halogens is 2. The fraction of sp³-hybridized carbons (Fsp3) is 0.158. The minimum atomic E-state index is -0.830. The molecule has 0 spiro atoms. The Hall–Kier alpha value is -3.07. The molecule has 0 saturated heterocycles. The summed E-state index contributed by atoms with van der Waals surface area (Å²) in [6.45, 7) is 3.46. The molecule has 1 unspecified atom stereocenters. The van der Waals surface area contributed by atoms with Gasteiger partial charge >= 0.3 is 0 Å². The third kappa shape index (κ3) is 3.40. The zero-order valence-corrected chi connectivity index (χ0v) is 15.8. The zero-order chi connectivity index (χ0) is 19.8. The number of nitrogens with one attached hydrogen (secondary N) is 1. The number of para-hydroxylation sites is 1. The molecule has 1 atom stereocenters. The Morgan fingerprint density at radius 1 is 1.18 bits per heavy atom. The Balaban J connectivity index is 1.64. The van der Waals surface area contributed by atoms with Gasteiger partial charge in [-0.3, -0.25) is 4.79 Å². The largest absolute Gasteiger partial charge is 0.323 e. The van der Waals surface area contributed by atoms with Crippen LogP contribution in [0.2, 0.25) is 0 Å². The number of thioether (sulfide) groups is 1. The smallest absolute Gasteiger partial charge is 0.237 e. The van der Waals surface area contributed by atoms with Crippen LogP contribution in [0.3, 0.4) is 0 Å². The summed E-state index contributed by atoms with van der Waals surface area (Å²) in [5.41, 5.74) is 1.32. The first-order valence-corrected chi connectivity index (χ1v) is 9.35. The minimum absolute atomic E-state index is 0.0768. The molecule has 0 aliphatic rings. The van der Waals surface area contributed by atoms with Crippen molar-refractivity contribution in [3.05, 3.63) is 59.9 Å². The number of nitrogens with zero attached hydrogens (tertiary/aromatic N) is 4. The average molecular weight is 399 g/mol. The molecular formula is C19H15F2N5OS. The van der Waals surface area contributed by atoms with Gasteiger partial charge in [0.15, 0.2) is 10.8 Å². The number of benzene rings is 2. The Labute approximate surface area is 163 Å². The molecule has 0 fully saturated rings. The van der Waals surface area contributed by atoms with E-state index < -0.39 is 22.8 Å². The normalized spacial score (nSPS) is 12.4. The number of fused-ring (bicyclic) bond motifs is 3. The molecule has 4 rings (SSSR count). The monoisotopic (exact) mass is 399 g/mol. The Morgan fingerprint density at radius 2 is 1.96 bits per heavy atom. The van der Waals surface area contributed by atoms with E-state index in [4.69, 9.17) is 0 Å². The van der Waals surface area contributed by atoms with Crippen LogP contribution in [0.25, 0.3) is 16.6 Å². The SMILES string of the molecule is Cc1nc2c3ccccc3nc(SC(C)C(=O)Nc3ccc(F)cc3F)n2n1. The van der Waals surface area contributed by atoms with Gasteiger partial charge in [0.2, 0.25) is 5.91 Å². The molecule has 0 aliphatic carbocycles. The molecule has 0 aliphatic heterocycles. The number of hydrogen-bond donors (Lipinski definition) is 1. The fourth-order valence-electron chi connectivity index (χ4n) is 2.75. The second-order valence-corrected chi connectivity index (χ2v) is 7.49. The number of aryl methyl sites for hydroxylation is 1. The van der Waals surface area contributed by atoms with Crippen molar-refractivity contribution in [2.45, 2.75) is 24.3 Å². The highest BCUT2D eigenvalue weighted by Crippen LogP contribution is 2.27. The van der Waals surface area contributed by atoms with Crippen LogP contribution >= 0.6 is 11.8 Å². The van der Waals surface area contributed by atoms with Crippen molar-refractivity contribution >= 4 is 39.9 Å². The number of hydrogen-bond acceptors (Lipinski definition) is 5. The molecule has 1 N–H and O–H groups in total. The van der Waals surface area contributed by atoms with E-state index >= 15 is 0 Å². The van der Waals surface area contributed by atoms with Gasteiger partial charge in [-0.15, -0.1) is 5.10 Å². The fourth-order valence-corrected chi connectivity index (χ4v) is 3.61. The van der Waals surface area contributed by atoms with E-state index in [0.29, 0.717) is 16.6 Å². The summed E-state index contributed by atoms with van der Waals surface area (Å²) >= 11 is 1.18. The molecule has 2 aromatic carbocycles. The van der Waals surface area contributed by atoms with E-state index in [2.05, 4.69) is 20.4 Å². The van der Waals surface area contributed by atoms with E-state index in [0.717, 1.165) is 23.0 Å². The number of amides is 1. The molecule has 0 radical (unpaired) electrons. The van der Waals surface area contributed by atoms with Gasteiger partial charge in [0.05, 0.1) is 16.5 Å². The van der Waals surface area contributed by atoms with Crippen LogP contribution in [-0.2, 0) is 4.79 Å². The Kier molecular flexibility index (Phi) is 4.68. The standard InChI is InChI=1S/C19H15F2N5OS/c1-10(18(27)23-16-8-7-12(20)9-14(16)21)28-19-24-15-6-4-3-5-13(15)17-22-11(2)25-26(17)19/h3-10H,1-2H3,(H,23,27). The van der Waals surface area contributed by atoms with Crippen LogP contribution in [0, 0.1) is 18.6 Å². The van der Waals surface area contributed by atoms with E-state index in [1.165, 1.54) is 17.8 Å². The van der Waals surface area contributed by atoms with E-state index in [-0.39, 0.29) is 5.69 Å². The van der Waals surface area contributed by atoms with Gasteiger partial charge < -0.3 is 5.32 Å². The topological polar surface area (TPSA) is 72.2 Å². The lowest BCUT2D eigenvalue weighted by Gasteiger charge is -2.13. The van der Waals surface area contributed by atoms with Gasteiger partial charge in [-0.05, 0) is 38.1 Å². The van der Waals surface area contributed by atoms with Crippen LogP contribution in [-0.4, -0.2) is 30.7 Å². The number of rotatable bonds is 4. The third-order valence-corrected chi connectivity index (χ3v) is 5.14. The van der Waals surface area contributed by atoms with Gasteiger partial charge in [-0.1, -0.05) is 23.9 Å². The van der Waals surface area contributed by atoms with Gasteiger partial charge in [0.1, 0.15) is 17.5 Å². The van der Waals surface area contributed by atoms with Crippen molar-refractivity contribution in [2.24, 2.45) is 0 Å². The summed E-state index contributed by atoms with van der Waals surface area (Å²) in [6, 6.07) is 10.5. The van der Waals surface area contributed by atoms with Crippen molar-refractivity contribution in [2.75, 3.05) is 5.32 Å². The van der Waals surface area contributed by atoms with Crippen LogP contribution < -0.4 is 5.32 Å². The first-order chi connectivity index (χ1) is 13.4. The average Bonchev–Trinajstić information content (AvgIpc) is 3.06. The maximum absolute atomic E-state index is 13.8. The molecule has 2 heterocycles. The van der Waals surface area contributed by atoms with Crippen molar-refractivity contribution in [3.8, 4) is 0 Å². The first kappa shape index (κ1) is 18.3. The van der Waals surface area contributed by atoms with Crippen molar-refractivity contribution in [1.29, 1.82) is 0 Å². The number of carbonyl (C=O) groups excluding carboxylic acids is 1. The highest BCUT2D eigenvalue weighted by atomic mass is 32.2. The highest BCUT2D eigenvalue weighted by Gasteiger charge is 2.20.